The minimum absolute atomic E-state index is 0.169. The second-order valence-corrected chi connectivity index (χ2v) is 6.68. The normalized spacial score (nSPS) is 10.7. The highest BCUT2D eigenvalue weighted by Crippen LogP contribution is 2.34. The standard InChI is InChI=1S/C16H19Cl3O4/c1-10(2)9-22-15(20)5-3-4-6-16(21)23-14-8-12(18)11(17)7-13(14)19/h7-8,10H,3-6,9H2,1-2H3. The third-order valence-electron chi connectivity index (χ3n) is 2.79. The van der Waals surface area contributed by atoms with Crippen LogP contribution in [0.2, 0.25) is 15.1 Å². The predicted molar refractivity (Wildman–Crippen MR) is 91.4 cm³/mol. The Morgan fingerprint density at radius 2 is 1.52 bits per heavy atom. The van der Waals surface area contributed by atoms with Crippen LogP contribution in [0, 0.1) is 5.92 Å². The second kappa shape index (κ2) is 10.0. The zero-order valence-corrected chi connectivity index (χ0v) is 15.3. The van der Waals surface area contributed by atoms with Gasteiger partial charge in [-0.15, -0.1) is 0 Å². The van der Waals surface area contributed by atoms with Crippen molar-refractivity contribution in [1.29, 1.82) is 0 Å². The summed E-state index contributed by atoms with van der Waals surface area (Å²) in [5, 5.41) is 0.758. The van der Waals surface area contributed by atoms with Gasteiger partial charge in [0.05, 0.1) is 21.7 Å². The molecule has 0 aliphatic rings. The smallest absolute Gasteiger partial charge is 0.311 e. The molecule has 1 rings (SSSR count). The summed E-state index contributed by atoms with van der Waals surface area (Å²) in [6.07, 6.45) is 1.54. The monoisotopic (exact) mass is 380 g/mol. The maximum absolute atomic E-state index is 11.7. The van der Waals surface area contributed by atoms with Crippen LogP contribution in [0.5, 0.6) is 5.75 Å². The van der Waals surface area contributed by atoms with E-state index in [9.17, 15) is 9.59 Å². The van der Waals surface area contributed by atoms with Gasteiger partial charge in [-0.3, -0.25) is 9.59 Å². The number of unbranched alkanes of at least 4 members (excludes halogenated alkanes) is 1. The molecule has 0 aromatic heterocycles. The summed E-state index contributed by atoms with van der Waals surface area (Å²) in [6.45, 7) is 4.35. The molecule has 128 valence electrons. The van der Waals surface area contributed by atoms with Gasteiger partial charge < -0.3 is 9.47 Å². The summed E-state index contributed by atoms with van der Waals surface area (Å²) in [6, 6.07) is 2.81. The highest BCUT2D eigenvalue weighted by molar-refractivity contribution is 6.43. The van der Waals surface area contributed by atoms with Crippen molar-refractivity contribution in [3.63, 3.8) is 0 Å². The fourth-order valence-corrected chi connectivity index (χ4v) is 2.20. The number of benzene rings is 1. The fraction of sp³-hybridized carbons (Fsp3) is 0.500. The van der Waals surface area contributed by atoms with Crippen LogP contribution in [0.15, 0.2) is 12.1 Å². The van der Waals surface area contributed by atoms with E-state index in [4.69, 9.17) is 44.3 Å². The number of carbonyl (C=O) groups excluding carboxylic acids is 2. The molecule has 0 aliphatic heterocycles. The number of esters is 2. The molecule has 0 N–H and O–H groups in total. The quantitative estimate of drug-likeness (QED) is 0.265. The summed E-state index contributed by atoms with van der Waals surface area (Å²) in [5.41, 5.74) is 0. The average molecular weight is 382 g/mol. The van der Waals surface area contributed by atoms with Gasteiger partial charge in [-0.05, 0) is 24.8 Å². The number of hydrogen-bond donors (Lipinski definition) is 0. The Bertz CT molecular complexity index is 559. The van der Waals surface area contributed by atoms with E-state index in [0.29, 0.717) is 25.4 Å². The highest BCUT2D eigenvalue weighted by atomic mass is 35.5. The Labute approximate surface area is 151 Å². The highest BCUT2D eigenvalue weighted by Gasteiger charge is 2.12. The molecule has 0 saturated carbocycles. The summed E-state index contributed by atoms with van der Waals surface area (Å²) >= 11 is 17.6. The molecule has 4 nitrogen and oxygen atoms in total. The lowest BCUT2D eigenvalue weighted by molar-refractivity contribution is -0.145. The zero-order chi connectivity index (χ0) is 17.4. The molecule has 23 heavy (non-hydrogen) atoms. The van der Waals surface area contributed by atoms with E-state index in [0.717, 1.165) is 0 Å². The lowest BCUT2D eigenvalue weighted by atomic mass is 10.2. The molecule has 0 heterocycles. The number of carbonyl (C=O) groups is 2. The van der Waals surface area contributed by atoms with Gasteiger partial charge in [0.15, 0.2) is 5.75 Å². The third kappa shape index (κ3) is 7.91. The molecule has 0 saturated heterocycles. The maximum atomic E-state index is 11.7. The maximum Gasteiger partial charge on any atom is 0.311 e. The van der Waals surface area contributed by atoms with E-state index in [1.54, 1.807) is 0 Å². The van der Waals surface area contributed by atoms with Gasteiger partial charge in [0.25, 0.3) is 0 Å². The summed E-state index contributed by atoms with van der Waals surface area (Å²) in [4.78, 5) is 23.2. The Kier molecular flexibility index (Phi) is 8.74. The van der Waals surface area contributed by atoms with Crippen LogP contribution in [-0.4, -0.2) is 18.5 Å². The molecular weight excluding hydrogens is 363 g/mol. The molecule has 0 bridgehead atoms. The van der Waals surface area contributed by atoms with Crippen molar-refractivity contribution < 1.29 is 19.1 Å². The molecule has 1 aromatic rings. The molecule has 0 atom stereocenters. The Hall–Kier alpha value is -0.970. The minimum Gasteiger partial charge on any atom is -0.465 e. The first kappa shape index (κ1) is 20.1. The first-order valence-electron chi connectivity index (χ1n) is 7.30. The molecule has 0 fully saturated rings. The first-order valence-corrected chi connectivity index (χ1v) is 8.43. The Morgan fingerprint density at radius 1 is 0.957 bits per heavy atom. The second-order valence-electron chi connectivity index (χ2n) is 5.45. The summed E-state index contributed by atoms with van der Waals surface area (Å²) in [5.74, 6) is -0.215. The van der Waals surface area contributed by atoms with Crippen LogP contribution in [-0.2, 0) is 14.3 Å². The van der Waals surface area contributed by atoms with Crippen molar-refractivity contribution in [3.05, 3.63) is 27.2 Å². The van der Waals surface area contributed by atoms with Crippen LogP contribution in [0.25, 0.3) is 0 Å². The van der Waals surface area contributed by atoms with Crippen molar-refractivity contribution in [1.82, 2.24) is 0 Å². The van der Waals surface area contributed by atoms with Gasteiger partial charge in [0, 0.05) is 18.9 Å². The number of hydrogen-bond acceptors (Lipinski definition) is 4. The average Bonchev–Trinajstić information content (AvgIpc) is 2.47. The first-order chi connectivity index (χ1) is 10.8. The molecule has 1 aromatic carbocycles. The number of halogens is 3. The van der Waals surface area contributed by atoms with Gasteiger partial charge in [0.2, 0.25) is 0 Å². The Balaban J connectivity index is 2.30. The van der Waals surface area contributed by atoms with E-state index < -0.39 is 5.97 Å². The van der Waals surface area contributed by atoms with Crippen molar-refractivity contribution in [3.8, 4) is 5.75 Å². The van der Waals surface area contributed by atoms with Crippen LogP contribution < -0.4 is 4.74 Å². The summed E-state index contributed by atoms with van der Waals surface area (Å²) in [7, 11) is 0. The largest absolute Gasteiger partial charge is 0.465 e. The van der Waals surface area contributed by atoms with Crippen LogP contribution in [0.1, 0.15) is 39.5 Å². The van der Waals surface area contributed by atoms with Gasteiger partial charge in [-0.25, -0.2) is 0 Å². The lowest BCUT2D eigenvalue weighted by Gasteiger charge is -2.08. The fourth-order valence-electron chi connectivity index (χ4n) is 1.63. The van der Waals surface area contributed by atoms with E-state index in [1.165, 1.54) is 12.1 Å². The van der Waals surface area contributed by atoms with Crippen LogP contribution >= 0.6 is 34.8 Å². The van der Waals surface area contributed by atoms with Crippen molar-refractivity contribution in [2.45, 2.75) is 39.5 Å². The molecule has 0 amide bonds. The van der Waals surface area contributed by atoms with E-state index in [2.05, 4.69) is 0 Å². The van der Waals surface area contributed by atoms with Gasteiger partial charge in [-0.1, -0.05) is 48.7 Å². The molecule has 7 heteroatoms. The van der Waals surface area contributed by atoms with E-state index >= 15 is 0 Å². The molecule has 0 unspecified atom stereocenters. The molecular formula is C16H19Cl3O4. The Morgan fingerprint density at radius 3 is 2.13 bits per heavy atom. The van der Waals surface area contributed by atoms with Gasteiger partial charge in [-0.2, -0.15) is 0 Å². The van der Waals surface area contributed by atoms with Gasteiger partial charge in [0.1, 0.15) is 0 Å². The lowest BCUT2D eigenvalue weighted by Crippen LogP contribution is -2.11. The molecule has 0 aliphatic carbocycles. The summed E-state index contributed by atoms with van der Waals surface area (Å²) < 4.78 is 10.2. The minimum atomic E-state index is -0.444. The third-order valence-corrected chi connectivity index (χ3v) is 3.81. The van der Waals surface area contributed by atoms with Crippen molar-refractivity contribution >= 4 is 46.7 Å². The van der Waals surface area contributed by atoms with Crippen LogP contribution in [0.3, 0.4) is 0 Å². The topological polar surface area (TPSA) is 52.6 Å². The van der Waals surface area contributed by atoms with Crippen molar-refractivity contribution in [2.75, 3.05) is 6.61 Å². The van der Waals surface area contributed by atoms with Crippen molar-refractivity contribution in [2.24, 2.45) is 5.92 Å². The van der Waals surface area contributed by atoms with Gasteiger partial charge >= 0.3 is 11.9 Å². The van der Waals surface area contributed by atoms with Crippen LogP contribution in [0.4, 0.5) is 0 Å². The van der Waals surface area contributed by atoms with E-state index in [1.807, 2.05) is 13.8 Å². The predicted octanol–water partition coefficient (Wildman–Crippen LogP) is 5.31. The molecule has 0 spiro atoms. The SMILES string of the molecule is CC(C)COC(=O)CCCCC(=O)Oc1cc(Cl)c(Cl)cc1Cl. The van der Waals surface area contributed by atoms with E-state index in [-0.39, 0.29) is 39.6 Å². The molecule has 0 radical (unpaired) electrons. The number of rotatable bonds is 8. The number of ether oxygens (including phenoxy) is 2. The zero-order valence-electron chi connectivity index (χ0n) is 13.0.